The molecule has 90 valence electrons. The fraction of sp³-hybridized carbons (Fsp3) is 0.385. The topological polar surface area (TPSA) is 62.1 Å². The van der Waals surface area contributed by atoms with Crippen LogP contribution in [0.3, 0.4) is 0 Å². The number of carbonyl (C=O) groups excluding carboxylic acids is 1. The number of methoxy groups -OCH3 is 1. The normalized spacial score (nSPS) is 13.5. The molecule has 1 aromatic carbocycles. The lowest BCUT2D eigenvalue weighted by atomic mass is 10.0. The summed E-state index contributed by atoms with van der Waals surface area (Å²) in [6.07, 6.45) is 0.311. The fourth-order valence-corrected chi connectivity index (χ4v) is 1.60. The molecule has 1 rings (SSSR count). The Bertz CT molecular complexity index is 398. The standard InChI is InChI=1S/C13H16N2O2/c1-10(13(16)17-2)15-12(8-9-14)11-6-4-3-5-7-11/h3-7,10,12,15H,8H2,1-2H3. The van der Waals surface area contributed by atoms with Crippen molar-refractivity contribution in [2.45, 2.75) is 25.4 Å². The molecule has 4 heteroatoms. The lowest BCUT2D eigenvalue weighted by molar-refractivity contribution is -0.142. The van der Waals surface area contributed by atoms with Gasteiger partial charge in [-0.25, -0.2) is 0 Å². The molecule has 1 N–H and O–H groups in total. The molecule has 0 radical (unpaired) electrons. The van der Waals surface area contributed by atoms with Crippen LogP contribution >= 0.6 is 0 Å². The number of nitrogens with one attached hydrogen (secondary N) is 1. The summed E-state index contributed by atoms with van der Waals surface area (Å²) >= 11 is 0. The van der Waals surface area contributed by atoms with Crippen LogP contribution in [0.1, 0.15) is 24.9 Å². The van der Waals surface area contributed by atoms with Crippen LogP contribution in [0.15, 0.2) is 30.3 Å². The first kappa shape index (κ1) is 13.2. The SMILES string of the molecule is COC(=O)C(C)NC(CC#N)c1ccccc1. The molecule has 0 aliphatic heterocycles. The second kappa shape index (κ2) is 6.66. The van der Waals surface area contributed by atoms with Crippen molar-refractivity contribution in [3.63, 3.8) is 0 Å². The summed E-state index contributed by atoms with van der Waals surface area (Å²) in [5, 5.41) is 11.9. The van der Waals surface area contributed by atoms with Gasteiger partial charge in [-0.2, -0.15) is 5.26 Å². The molecular formula is C13H16N2O2. The molecule has 0 saturated heterocycles. The summed E-state index contributed by atoms with van der Waals surface area (Å²) in [6, 6.07) is 11.1. The van der Waals surface area contributed by atoms with E-state index < -0.39 is 6.04 Å². The maximum absolute atomic E-state index is 11.3. The van der Waals surface area contributed by atoms with Crippen LogP contribution in [0.2, 0.25) is 0 Å². The van der Waals surface area contributed by atoms with Crippen molar-refractivity contribution < 1.29 is 9.53 Å². The molecule has 17 heavy (non-hydrogen) atoms. The number of hydrogen-bond donors (Lipinski definition) is 1. The smallest absolute Gasteiger partial charge is 0.322 e. The molecule has 2 unspecified atom stereocenters. The number of rotatable bonds is 5. The summed E-state index contributed by atoms with van der Waals surface area (Å²) in [7, 11) is 1.35. The highest BCUT2D eigenvalue weighted by Gasteiger charge is 2.19. The number of nitrogens with zero attached hydrogens (tertiary/aromatic N) is 1. The number of benzene rings is 1. The number of esters is 1. The van der Waals surface area contributed by atoms with Gasteiger partial charge in [-0.05, 0) is 12.5 Å². The van der Waals surface area contributed by atoms with Gasteiger partial charge < -0.3 is 4.74 Å². The third kappa shape index (κ3) is 3.89. The minimum absolute atomic E-state index is 0.157. The van der Waals surface area contributed by atoms with Crippen LogP contribution in [0.4, 0.5) is 0 Å². The molecule has 2 atom stereocenters. The Morgan fingerprint density at radius 3 is 2.65 bits per heavy atom. The Morgan fingerprint density at radius 2 is 2.12 bits per heavy atom. The summed E-state index contributed by atoms with van der Waals surface area (Å²) in [4.78, 5) is 11.3. The number of hydrogen-bond acceptors (Lipinski definition) is 4. The molecule has 0 saturated carbocycles. The Morgan fingerprint density at radius 1 is 1.47 bits per heavy atom. The van der Waals surface area contributed by atoms with Crippen LogP contribution in [-0.2, 0) is 9.53 Å². The molecule has 0 bridgehead atoms. The van der Waals surface area contributed by atoms with Gasteiger partial charge in [0.15, 0.2) is 0 Å². The van der Waals surface area contributed by atoms with Crippen molar-refractivity contribution >= 4 is 5.97 Å². The van der Waals surface area contributed by atoms with Crippen LogP contribution in [0.25, 0.3) is 0 Å². The summed E-state index contributed by atoms with van der Waals surface area (Å²) in [6.45, 7) is 1.72. The first-order valence-corrected chi connectivity index (χ1v) is 5.44. The molecular weight excluding hydrogens is 216 g/mol. The Kier molecular flexibility index (Phi) is 5.18. The average Bonchev–Trinajstić information content (AvgIpc) is 2.38. The van der Waals surface area contributed by atoms with Gasteiger partial charge >= 0.3 is 5.97 Å². The van der Waals surface area contributed by atoms with Crippen molar-refractivity contribution in [1.29, 1.82) is 5.26 Å². The van der Waals surface area contributed by atoms with Crippen molar-refractivity contribution in [2.24, 2.45) is 0 Å². The Hall–Kier alpha value is -1.86. The Balaban J connectivity index is 2.74. The van der Waals surface area contributed by atoms with Crippen LogP contribution in [0, 0.1) is 11.3 Å². The molecule has 0 heterocycles. The highest BCUT2D eigenvalue weighted by Crippen LogP contribution is 2.16. The third-order valence-electron chi connectivity index (χ3n) is 2.50. The minimum atomic E-state index is -0.432. The molecule has 0 aliphatic carbocycles. The zero-order chi connectivity index (χ0) is 12.7. The molecule has 4 nitrogen and oxygen atoms in total. The predicted octanol–water partition coefficient (Wildman–Crippen LogP) is 1.79. The zero-order valence-corrected chi connectivity index (χ0v) is 10.0. The first-order chi connectivity index (χ1) is 8.19. The highest BCUT2D eigenvalue weighted by molar-refractivity contribution is 5.75. The second-order valence-electron chi connectivity index (χ2n) is 3.74. The lowest BCUT2D eigenvalue weighted by Crippen LogP contribution is -2.37. The third-order valence-corrected chi connectivity index (χ3v) is 2.50. The van der Waals surface area contributed by atoms with Gasteiger partial charge in [-0.15, -0.1) is 0 Å². The highest BCUT2D eigenvalue weighted by atomic mass is 16.5. The van der Waals surface area contributed by atoms with Crippen molar-refractivity contribution in [3.8, 4) is 6.07 Å². The van der Waals surface area contributed by atoms with Gasteiger partial charge in [0.25, 0.3) is 0 Å². The lowest BCUT2D eigenvalue weighted by Gasteiger charge is -2.20. The molecule has 0 aliphatic rings. The second-order valence-corrected chi connectivity index (χ2v) is 3.74. The molecule has 0 fully saturated rings. The van der Waals surface area contributed by atoms with Gasteiger partial charge in [-0.1, -0.05) is 30.3 Å². The monoisotopic (exact) mass is 232 g/mol. The van der Waals surface area contributed by atoms with E-state index in [9.17, 15) is 4.79 Å². The number of ether oxygens (including phenoxy) is 1. The van der Waals surface area contributed by atoms with Gasteiger partial charge in [0, 0.05) is 6.04 Å². The summed E-state index contributed by atoms with van der Waals surface area (Å²) < 4.78 is 4.64. The van der Waals surface area contributed by atoms with Gasteiger partial charge in [0.05, 0.1) is 19.6 Å². The first-order valence-electron chi connectivity index (χ1n) is 5.44. The van der Waals surface area contributed by atoms with E-state index in [2.05, 4.69) is 16.1 Å². The van der Waals surface area contributed by atoms with Gasteiger partial charge in [0.1, 0.15) is 6.04 Å². The van der Waals surface area contributed by atoms with Crippen molar-refractivity contribution in [1.82, 2.24) is 5.32 Å². The van der Waals surface area contributed by atoms with Crippen LogP contribution in [-0.4, -0.2) is 19.1 Å². The van der Waals surface area contributed by atoms with E-state index in [1.807, 2.05) is 30.3 Å². The number of nitriles is 1. The van der Waals surface area contributed by atoms with E-state index in [-0.39, 0.29) is 12.0 Å². The van der Waals surface area contributed by atoms with E-state index >= 15 is 0 Å². The Labute approximate surface area is 101 Å². The van der Waals surface area contributed by atoms with Crippen LogP contribution in [0.5, 0.6) is 0 Å². The maximum Gasteiger partial charge on any atom is 0.322 e. The fourth-order valence-electron chi connectivity index (χ4n) is 1.60. The maximum atomic E-state index is 11.3. The quantitative estimate of drug-likeness (QED) is 0.786. The number of carbonyl (C=O) groups is 1. The minimum Gasteiger partial charge on any atom is -0.468 e. The summed E-state index contributed by atoms with van der Waals surface area (Å²) in [5.41, 5.74) is 0.991. The summed E-state index contributed by atoms with van der Waals surface area (Å²) in [5.74, 6) is -0.330. The largest absolute Gasteiger partial charge is 0.468 e. The van der Waals surface area contributed by atoms with E-state index in [0.29, 0.717) is 6.42 Å². The van der Waals surface area contributed by atoms with Crippen molar-refractivity contribution in [2.75, 3.05) is 7.11 Å². The van der Waals surface area contributed by atoms with E-state index in [4.69, 9.17) is 5.26 Å². The van der Waals surface area contributed by atoms with Crippen LogP contribution < -0.4 is 5.32 Å². The van der Waals surface area contributed by atoms with E-state index in [0.717, 1.165) is 5.56 Å². The molecule has 1 aromatic rings. The predicted molar refractivity (Wildman–Crippen MR) is 64.0 cm³/mol. The van der Waals surface area contributed by atoms with Gasteiger partial charge in [-0.3, -0.25) is 10.1 Å². The van der Waals surface area contributed by atoms with Gasteiger partial charge in [0.2, 0.25) is 0 Å². The molecule has 0 amide bonds. The van der Waals surface area contributed by atoms with E-state index in [1.165, 1.54) is 7.11 Å². The molecule has 0 spiro atoms. The van der Waals surface area contributed by atoms with E-state index in [1.54, 1.807) is 6.92 Å². The average molecular weight is 232 g/mol. The molecule has 0 aromatic heterocycles. The van der Waals surface area contributed by atoms with Crippen molar-refractivity contribution in [3.05, 3.63) is 35.9 Å². The zero-order valence-electron chi connectivity index (χ0n) is 10.0.